The van der Waals surface area contributed by atoms with Crippen molar-refractivity contribution in [2.75, 3.05) is 20.2 Å². The summed E-state index contributed by atoms with van der Waals surface area (Å²) < 4.78 is 44.6. The first-order valence-electron chi connectivity index (χ1n) is 8.47. The second-order valence-corrected chi connectivity index (χ2v) is 7.89. The van der Waals surface area contributed by atoms with Crippen LogP contribution in [0.15, 0.2) is 53.4 Å². The Bertz CT molecular complexity index is 868. The van der Waals surface area contributed by atoms with E-state index in [0.717, 1.165) is 9.87 Å². The van der Waals surface area contributed by atoms with Gasteiger partial charge >= 0.3 is 0 Å². The number of benzene rings is 2. The first-order valence-corrected chi connectivity index (χ1v) is 9.91. The Morgan fingerprint density at radius 2 is 1.74 bits per heavy atom. The molecule has 0 aliphatic carbocycles. The molecule has 0 aliphatic rings. The number of sulfonamides is 1. The summed E-state index contributed by atoms with van der Waals surface area (Å²) in [5, 5.41) is 2.73. The van der Waals surface area contributed by atoms with Crippen molar-refractivity contribution in [3.63, 3.8) is 0 Å². The van der Waals surface area contributed by atoms with Gasteiger partial charge in [0.05, 0.1) is 24.6 Å². The van der Waals surface area contributed by atoms with E-state index in [1.54, 1.807) is 38.1 Å². The number of methoxy groups -OCH3 is 1. The smallest absolute Gasteiger partial charge is 0.243 e. The maximum atomic E-state index is 13.0. The third kappa shape index (κ3) is 5.27. The van der Waals surface area contributed by atoms with E-state index in [0.29, 0.717) is 5.75 Å². The van der Waals surface area contributed by atoms with Gasteiger partial charge in [0.15, 0.2) is 0 Å². The lowest BCUT2D eigenvalue weighted by Gasteiger charge is -2.22. The number of halogens is 1. The van der Waals surface area contributed by atoms with E-state index >= 15 is 0 Å². The largest absolute Gasteiger partial charge is 0.497 e. The summed E-state index contributed by atoms with van der Waals surface area (Å²) in [5.41, 5.74) is 0.728. The van der Waals surface area contributed by atoms with Crippen LogP contribution in [0.25, 0.3) is 0 Å². The average Bonchev–Trinajstić information content (AvgIpc) is 2.66. The molecule has 0 aromatic heterocycles. The lowest BCUT2D eigenvalue weighted by molar-refractivity contribution is -0.121. The van der Waals surface area contributed by atoms with Crippen molar-refractivity contribution >= 4 is 15.9 Å². The number of hydrogen-bond acceptors (Lipinski definition) is 4. The zero-order chi connectivity index (χ0) is 20.0. The Labute approximate surface area is 159 Å². The van der Waals surface area contributed by atoms with E-state index in [9.17, 15) is 17.6 Å². The molecule has 0 aliphatic heterocycles. The van der Waals surface area contributed by atoms with Gasteiger partial charge in [-0.05, 0) is 48.9 Å². The van der Waals surface area contributed by atoms with Gasteiger partial charge in [-0.25, -0.2) is 12.8 Å². The number of rotatable bonds is 8. The predicted molar refractivity (Wildman–Crippen MR) is 100 cm³/mol. The van der Waals surface area contributed by atoms with E-state index in [1.165, 1.54) is 31.4 Å². The second kappa shape index (κ2) is 8.96. The fourth-order valence-corrected chi connectivity index (χ4v) is 3.95. The maximum Gasteiger partial charge on any atom is 0.243 e. The summed E-state index contributed by atoms with van der Waals surface area (Å²) in [6, 6.07) is 11.4. The van der Waals surface area contributed by atoms with Crippen LogP contribution in [0.2, 0.25) is 0 Å². The number of nitrogens with zero attached hydrogens (tertiary/aromatic N) is 1. The molecule has 27 heavy (non-hydrogen) atoms. The molecule has 6 nitrogen and oxygen atoms in total. The Balaban J connectivity index is 2.07. The van der Waals surface area contributed by atoms with E-state index in [2.05, 4.69) is 5.32 Å². The van der Waals surface area contributed by atoms with E-state index < -0.39 is 15.9 Å². The summed E-state index contributed by atoms with van der Waals surface area (Å²) in [6.07, 6.45) is 0. The standard InChI is InChI=1S/C19H23FN2O4S/c1-4-22(27(24,25)18-11-9-17(26-3)10-12-18)13-19(23)21-14(2)15-5-7-16(20)8-6-15/h5-12,14H,4,13H2,1-3H3,(H,21,23)/t14-/m0/s1. The SMILES string of the molecule is CCN(CC(=O)N[C@@H](C)c1ccc(F)cc1)S(=O)(=O)c1ccc(OC)cc1. The van der Waals surface area contributed by atoms with Gasteiger partial charge in [0.25, 0.3) is 0 Å². The zero-order valence-electron chi connectivity index (χ0n) is 15.5. The number of nitrogens with one attached hydrogen (secondary N) is 1. The highest BCUT2D eigenvalue weighted by atomic mass is 32.2. The van der Waals surface area contributed by atoms with Crippen LogP contribution >= 0.6 is 0 Å². The fourth-order valence-electron chi connectivity index (χ4n) is 2.55. The molecule has 0 unspecified atom stereocenters. The lowest BCUT2D eigenvalue weighted by atomic mass is 10.1. The minimum absolute atomic E-state index is 0.0875. The highest BCUT2D eigenvalue weighted by Crippen LogP contribution is 2.19. The second-order valence-electron chi connectivity index (χ2n) is 5.95. The normalized spacial score (nSPS) is 12.6. The first kappa shape index (κ1) is 20.9. The maximum absolute atomic E-state index is 13.0. The Hall–Kier alpha value is -2.45. The van der Waals surface area contributed by atoms with E-state index in [-0.39, 0.29) is 29.8 Å². The van der Waals surface area contributed by atoms with Gasteiger partial charge in [-0.2, -0.15) is 4.31 Å². The van der Waals surface area contributed by atoms with Crippen molar-refractivity contribution in [1.82, 2.24) is 9.62 Å². The molecule has 0 bridgehead atoms. The zero-order valence-corrected chi connectivity index (χ0v) is 16.3. The molecule has 2 aromatic rings. The predicted octanol–water partition coefficient (Wildman–Crippen LogP) is 2.72. The van der Waals surface area contributed by atoms with E-state index in [4.69, 9.17) is 4.74 Å². The molecule has 0 saturated carbocycles. The van der Waals surface area contributed by atoms with Gasteiger partial charge in [0.1, 0.15) is 11.6 Å². The molecule has 0 fully saturated rings. The highest BCUT2D eigenvalue weighted by molar-refractivity contribution is 7.89. The number of likely N-dealkylation sites (N-methyl/N-ethyl adjacent to an activating group) is 1. The number of amides is 1. The molecule has 146 valence electrons. The molecule has 1 amide bonds. The quantitative estimate of drug-likeness (QED) is 0.747. The number of carbonyl (C=O) groups excluding carboxylic acids is 1. The van der Waals surface area contributed by atoms with Crippen LogP contribution in [0.4, 0.5) is 4.39 Å². The Kier molecular flexibility index (Phi) is 6.92. The monoisotopic (exact) mass is 394 g/mol. The molecule has 1 N–H and O–H groups in total. The topological polar surface area (TPSA) is 75.7 Å². The van der Waals surface area contributed by atoms with Gasteiger partial charge in [-0.15, -0.1) is 0 Å². The van der Waals surface area contributed by atoms with Crippen LogP contribution in [-0.4, -0.2) is 38.8 Å². The molecule has 0 heterocycles. The van der Waals surface area contributed by atoms with Crippen molar-refractivity contribution in [1.29, 1.82) is 0 Å². The van der Waals surface area contributed by atoms with Crippen molar-refractivity contribution in [3.8, 4) is 5.75 Å². The van der Waals surface area contributed by atoms with Gasteiger partial charge < -0.3 is 10.1 Å². The molecule has 1 atom stereocenters. The van der Waals surface area contributed by atoms with Crippen LogP contribution in [0.5, 0.6) is 5.75 Å². The molecule has 0 saturated heterocycles. The van der Waals surface area contributed by atoms with Crippen LogP contribution in [0.1, 0.15) is 25.5 Å². The van der Waals surface area contributed by atoms with Crippen molar-refractivity contribution in [3.05, 3.63) is 59.9 Å². The number of hydrogen-bond donors (Lipinski definition) is 1. The summed E-state index contributed by atoms with van der Waals surface area (Å²) in [5.74, 6) is -0.256. The fraction of sp³-hybridized carbons (Fsp3) is 0.316. The van der Waals surface area contributed by atoms with Gasteiger partial charge in [0, 0.05) is 6.54 Å². The van der Waals surface area contributed by atoms with Gasteiger partial charge in [-0.3, -0.25) is 4.79 Å². The summed E-state index contributed by atoms with van der Waals surface area (Å²) >= 11 is 0. The van der Waals surface area contributed by atoms with E-state index in [1.807, 2.05) is 0 Å². The Morgan fingerprint density at radius 1 is 1.15 bits per heavy atom. The molecule has 0 radical (unpaired) electrons. The number of ether oxygens (including phenoxy) is 1. The molecular weight excluding hydrogens is 371 g/mol. The van der Waals surface area contributed by atoms with Crippen molar-refractivity contribution in [2.45, 2.75) is 24.8 Å². The minimum atomic E-state index is -3.81. The third-order valence-electron chi connectivity index (χ3n) is 4.12. The molecule has 2 rings (SSSR count). The van der Waals surface area contributed by atoms with Crippen LogP contribution in [-0.2, 0) is 14.8 Å². The molecule has 0 spiro atoms. The average molecular weight is 394 g/mol. The number of carbonyl (C=O) groups is 1. The summed E-state index contributed by atoms with van der Waals surface area (Å²) in [7, 11) is -2.32. The molecule has 2 aromatic carbocycles. The minimum Gasteiger partial charge on any atom is -0.497 e. The molecular formula is C19H23FN2O4S. The van der Waals surface area contributed by atoms with Gasteiger partial charge in [0.2, 0.25) is 15.9 Å². The third-order valence-corrected chi connectivity index (χ3v) is 6.05. The van der Waals surface area contributed by atoms with Crippen molar-refractivity contribution in [2.24, 2.45) is 0 Å². The van der Waals surface area contributed by atoms with Crippen LogP contribution < -0.4 is 10.1 Å². The Morgan fingerprint density at radius 3 is 2.26 bits per heavy atom. The lowest BCUT2D eigenvalue weighted by Crippen LogP contribution is -2.41. The molecule has 8 heteroatoms. The van der Waals surface area contributed by atoms with Crippen LogP contribution in [0.3, 0.4) is 0 Å². The van der Waals surface area contributed by atoms with Crippen molar-refractivity contribution < 1.29 is 22.3 Å². The first-order chi connectivity index (χ1) is 12.8. The summed E-state index contributed by atoms with van der Waals surface area (Å²) in [4.78, 5) is 12.4. The summed E-state index contributed by atoms with van der Waals surface area (Å²) in [6.45, 7) is 3.25. The van der Waals surface area contributed by atoms with Gasteiger partial charge in [-0.1, -0.05) is 19.1 Å². The highest BCUT2D eigenvalue weighted by Gasteiger charge is 2.25. The van der Waals surface area contributed by atoms with Crippen LogP contribution in [0, 0.1) is 5.82 Å².